The number of aromatic nitrogens is 2. The van der Waals surface area contributed by atoms with Gasteiger partial charge in [0.2, 0.25) is 0 Å². The predicted octanol–water partition coefficient (Wildman–Crippen LogP) is 3.24. The number of nitrogen functional groups attached to an aromatic ring is 1. The molecule has 0 aliphatic heterocycles. The molecule has 19 heavy (non-hydrogen) atoms. The number of rotatable bonds is 3. The number of nitrogens with two attached hydrogens (primary N) is 1. The molecule has 0 radical (unpaired) electrons. The summed E-state index contributed by atoms with van der Waals surface area (Å²) in [6.45, 7) is 1.52. The Morgan fingerprint density at radius 2 is 1.89 bits per heavy atom. The maximum atomic E-state index is 13.5. The molecule has 0 spiro atoms. The number of nitrogens with zero attached hydrogens (tertiary/aromatic N) is 2. The summed E-state index contributed by atoms with van der Waals surface area (Å²) in [4.78, 5) is 7.29. The fourth-order valence-corrected chi connectivity index (χ4v) is 1.90. The summed E-state index contributed by atoms with van der Waals surface area (Å²) in [6, 6.07) is 1.58. The summed E-state index contributed by atoms with van der Waals surface area (Å²) in [5.41, 5.74) is 5.44. The second-order valence-corrected chi connectivity index (χ2v) is 4.73. The lowest BCUT2D eigenvalue weighted by Gasteiger charge is -2.17. The minimum atomic E-state index is -0.860. The van der Waals surface area contributed by atoms with Crippen molar-refractivity contribution in [1.82, 2.24) is 9.97 Å². The van der Waals surface area contributed by atoms with E-state index in [2.05, 4.69) is 25.9 Å². The molecule has 0 aliphatic rings. The van der Waals surface area contributed by atoms with E-state index in [-0.39, 0.29) is 17.1 Å². The number of anilines is 1. The van der Waals surface area contributed by atoms with Gasteiger partial charge in [0.05, 0.1) is 18.0 Å². The third kappa shape index (κ3) is 2.98. The van der Waals surface area contributed by atoms with Crippen molar-refractivity contribution in [2.45, 2.75) is 13.0 Å². The van der Waals surface area contributed by atoms with Gasteiger partial charge in [-0.2, -0.15) is 0 Å². The zero-order chi connectivity index (χ0) is 14.0. The Hall–Kier alpha value is -1.76. The fourth-order valence-electron chi connectivity index (χ4n) is 1.58. The van der Waals surface area contributed by atoms with Gasteiger partial charge in [-0.3, -0.25) is 4.98 Å². The second kappa shape index (κ2) is 5.48. The Labute approximate surface area is 116 Å². The van der Waals surface area contributed by atoms with Crippen LogP contribution < -0.4 is 10.5 Å². The van der Waals surface area contributed by atoms with E-state index < -0.39 is 17.7 Å². The van der Waals surface area contributed by atoms with E-state index >= 15 is 0 Å². The first kappa shape index (κ1) is 13.7. The number of hydrogen-bond donors (Lipinski definition) is 1. The first-order valence-electron chi connectivity index (χ1n) is 5.35. The van der Waals surface area contributed by atoms with Crippen molar-refractivity contribution in [3.63, 3.8) is 0 Å². The lowest BCUT2D eigenvalue weighted by atomic mass is 10.1. The van der Waals surface area contributed by atoms with Crippen LogP contribution in [0.3, 0.4) is 0 Å². The Bertz CT molecular complexity index is 589. The van der Waals surface area contributed by atoms with Gasteiger partial charge in [0.15, 0.2) is 23.2 Å². The standard InChI is InChI=1S/C12H10BrF2N3O/c1-6(11-8(14)4-17-5-9(11)15)19-10-2-7(13)3-18-12(10)16/h2-6H,1H3,(H2,16,18)/t6-/m1/s1. The van der Waals surface area contributed by atoms with Crippen molar-refractivity contribution >= 4 is 21.7 Å². The quantitative estimate of drug-likeness (QED) is 0.939. The van der Waals surface area contributed by atoms with E-state index in [1.807, 2.05) is 0 Å². The number of hydrogen-bond acceptors (Lipinski definition) is 4. The Morgan fingerprint density at radius 1 is 1.26 bits per heavy atom. The lowest BCUT2D eigenvalue weighted by molar-refractivity contribution is 0.215. The highest BCUT2D eigenvalue weighted by molar-refractivity contribution is 9.10. The molecule has 2 aromatic rings. The molecule has 2 heterocycles. The van der Waals surface area contributed by atoms with E-state index in [4.69, 9.17) is 10.5 Å². The van der Waals surface area contributed by atoms with Crippen molar-refractivity contribution in [3.05, 3.63) is 46.3 Å². The van der Waals surface area contributed by atoms with Gasteiger partial charge in [0, 0.05) is 10.7 Å². The highest BCUT2D eigenvalue weighted by Crippen LogP contribution is 2.29. The van der Waals surface area contributed by atoms with Crippen LogP contribution in [0, 0.1) is 11.6 Å². The lowest BCUT2D eigenvalue weighted by Crippen LogP contribution is -2.10. The minimum Gasteiger partial charge on any atom is -0.482 e. The van der Waals surface area contributed by atoms with Crippen LogP contribution in [0.15, 0.2) is 29.1 Å². The molecule has 0 saturated carbocycles. The van der Waals surface area contributed by atoms with E-state index in [9.17, 15) is 8.78 Å². The molecule has 0 aromatic carbocycles. The van der Waals surface area contributed by atoms with E-state index in [0.29, 0.717) is 4.47 Å². The predicted molar refractivity (Wildman–Crippen MR) is 69.5 cm³/mol. The summed E-state index contributed by atoms with van der Waals surface area (Å²) in [6.07, 6.45) is 2.50. The van der Waals surface area contributed by atoms with Gasteiger partial charge >= 0.3 is 0 Å². The Kier molecular flexibility index (Phi) is 3.94. The van der Waals surface area contributed by atoms with Gasteiger partial charge in [-0.25, -0.2) is 13.8 Å². The molecule has 1 atom stereocenters. The van der Waals surface area contributed by atoms with Gasteiger partial charge < -0.3 is 10.5 Å². The maximum absolute atomic E-state index is 13.5. The summed E-state index contributed by atoms with van der Waals surface area (Å²) >= 11 is 3.22. The zero-order valence-electron chi connectivity index (χ0n) is 9.90. The minimum absolute atomic E-state index is 0.143. The average molecular weight is 330 g/mol. The van der Waals surface area contributed by atoms with Crippen molar-refractivity contribution < 1.29 is 13.5 Å². The first-order chi connectivity index (χ1) is 8.99. The molecule has 0 fully saturated rings. The molecule has 0 aliphatic carbocycles. The van der Waals surface area contributed by atoms with Crippen LogP contribution in [0.1, 0.15) is 18.6 Å². The molecule has 2 N–H and O–H groups in total. The van der Waals surface area contributed by atoms with Gasteiger partial charge in [-0.15, -0.1) is 0 Å². The van der Waals surface area contributed by atoms with Gasteiger partial charge in [-0.1, -0.05) is 0 Å². The Morgan fingerprint density at radius 3 is 2.53 bits per heavy atom. The molecule has 2 rings (SSSR count). The number of ether oxygens (including phenoxy) is 1. The van der Waals surface area contributed by atoms with Crippen LogP contribution in [0.5, 0.6) is 5.75 Å². The molecule has 0 bridgehead atoms. The summed E-state index contributed by atoms with van der Waals surface area (Å²) in [7, 11) is 0. The number of pyridine rings is 2. The molecule has 4 nitrogen and oxygen atoms in total. The largest absolute Gasteiger partial charge is 0.482 e. The van der Waals surface area contributed by atoms with Crippen molar-refractivity contribution in [2.75, 3.05) is 5.73 Å². The highest BCUT2D eigenvalue weighted by Gasteiger charge is 2.19. The third-order valence-electron chi connectivity index (χ3n) is 2.45. The molecule has 0 unspecified atom stereocenters. The van der Waals surface area contributed by atoms with Crippen LogP contribution in [-0.2, 0) is 0 Å². The van der Waals surface area contributed by atoms with Crippen LogP contribution in [0.25, 0.3) is 0 Å². The van der Waals surface area contributed by atoms with Crippen LogP contribution in [0.4, 0.5) is 14.6 Å². The van der Waals surface area contributed by atoms with E-state index in [1.54, 1.807) is 6.07 Å². The van der Waals surface area contributed by atoms with E-state index in [0.717, 1.165) is 12.4 Å². The van der Waals surface area contributed by atoms with Gasteiger partial charge in [0.25, 0.3) is 0 Å². The molecule has 0 amide bonds. The summed E-state index contributed by atoms with van der Waals surface area (Å²) < 4.78 is 33.2. The normalized spacial score (nSPS) is 12.2. The average Bonchev–Trinajstić information content (AvgIpc) is 2.33. The van der Waals surface area contributed by atoms with Crippen LogP contribution >= 0.6 is 15.9 Å². The molecule has 0 saturated heterocycles. The monoisotopic (exact) mass is 329 g/mol. The van der Waals surface area contributed by atoms with E-state index in [1.165, 1.54) is 13.1 Å². The smallest absolute Gasteiger partial charge is 0.166 e. The molecular formula is C12H10BrF2N3O. The first-order valence-corrected chi connectivity index (χ1v) is 6.15. The topological polar surface area (TPSA) is 61.0 Å². The number of halogens is 3. The fraction of sp³-hybridized carbons (Fsp3) is 0.167. The zero-order valence-corrected chi connectivity index (χ0v) is 11.5. The SMILES string of the molecule is C[C@@H](Oc1cc(Br)cnc1N)c1c(F)cncc1F. The van der Waals surface area contributed by atoms with Gasteiger partial charge in [-0.05, 0) is 28.9 Å². The third-order valence-corrected chi connectivity index (χ3v) is 2.88. The highest BCUT2D eigenvalue weighted by atomic mass is 79.9. The second-order valence-electron chi connectivity index (χ2n) is 3.81. The summed E-state index contributed by atoms with van der Waals surface area (Å²) in [5, 5.41) is 0. The molecule has 2 aromatic heterocycles. The van der Waals surface area contributed by atoms with Crippen LogP contribution in [-0.4, -0.2) is 9.97 Å². The van der Waals surface area contributed by atoms with Crippen molar-refractivity contribution in [1.29, 1.82) is 0 Å². The molecule has 7 heteroatoms. The van der Waals surface area contributed by atoms with Crippen molar-refractivity contribution in [2.24, 2.45) is 0 Å². The maximum Gasteiger partial charge on any atom is 0.166 e. The van der Waals surface area contributed by atoms with Gasteiger partial charge in [0.1, 0.15) is 6.10 Å². The summed E-state index contributed by atoms with van der Waals surface area (Å²) in [5.74, 6) is -1.15. The molecule has 100 valence electrons. The van der Waals surface area contributed by atoms with Crippen molar-refractivity contribution in [3.8, 4) is 5.75 Å². The molecular weight excluding hydrogens is 320 g/mol. The Balaban J connectivity index is 2.31. The van der Waals surface area contributed by atoms with Crippen LogP contribution in [0.2, 0.25) is 0 Å².